The van der Waals surface area contributed by atoms with Gasteiger partial charge in [0.05, 0.1) is 5.56 Å². The van der Waals surface area contributed by atoms with Crippen LogP contribution in [0.4, 0.5) is 0 Å². The molecule has 0 saturated heterocycles. The van der Waals surface area contributed by atoms with Crippen LogP contribution in [0, 0.1) is 0 Å². The molecule has 5 nitrogen and oxygen atoms in total. The molecule has 4 rings (SSSR count). The smallest absolute Gasteiger partial charge is 0.189 e. The first kappa shape index (κ1) is 17.9. The number of aryl methyl sites for hydroxylation is 2. The molecular weight excluding hydrogens is 356 g/mol. The predicted molar refractivity (Wildman–Crippen MR) is 105 cm³/mol. The van der Waals surface area contributed by atoms with Crippen LogP contribution >= 0.6 is 0 Å². The first-order chi connectivity index (χ1) is 13.6. The molecular formula is C23H20O5. The van der Waals surface area contributed by atoms with E-state index in [1.807, 2.05) is 6.07 Å². The number of fused-ring (bicyclic) bond motifs is 1. The Labute approximate surface area is 162 Å². The van der Waals surface area contributed by atoms with Gasteiger partial charge in [-0.15, -0.1) is 0 Å². The molecule has 0 aliphatic heterocycles. The van der Waals surface area contributed by atoms with Gasteiger partial charge in [0.15, 0.2) is 5.78 Å². The van der Waals surface area contributed by atoms with Crippen LogP contribution in [0.1, 0.15) is 39.4 Å². The zero-order valence-electron chi connectivity index (χ0n) is 15.2. The van der Waals surface area contributed by atoms with Gasteiger partial charge in [0, 0.05) is 6.07 Å². The number of phenolic OH excluding ortho intramolecular Hbond substituents is 2. The van der Waals surface area contributed by atoms with Gasteiger partial charge in [0.25, 0.3) is 0 Å². The van der Waals surface area contributed by atoms with Crippen molar-refractivity contribution < 1.29 is 24.2 Å². The molecule has 1 aliphatic carbocycles. The molecule has 0 spiro atoms. The van der Waals surface area contributed by atoms with Gasteiger partial charge in [-0.2, -0.15) is 0 Å². The van der Waals surface area contributed by atoms with Crippen molar-refractivity contribution in [1.82, 2.24) is 0 Å². The number of ether oxygens (including phenoxy) is 1. The third-order valence-corrected chi connectivity index (χ3v) is 4.78. The standard InChI is InChI=1S/C23H20O5/c24-17-5-10-21(23(26)13-17)22(25)11-9-18-7-8-20(28-18)14-27-19-6-4-15-2-1-3-16(15)12-19/h4-13,24,26H,1-3,14H2/b11-9+. The van der Waals surface area contributed by atoms with E-state index in [1.54, 1.807) is 12.1 Å². The second-order valence-corrected chi connectivity index (χ2v) is 6.78. The maximum atomic E-state index is 12.2. The highest BCUT2D eigenvalue weighted by Crippen LogP contribution is 2.27. The van der Waals surface area contributed by atoms with E-state index in [2.05, 4.69) is 12.1 Å². The molecule has 0 radical (unpaired) electrons. The van der Waals surface area contributed by atoms with Crippen molar-refractivity contribution in [3.8, 4) is 17.2 Å². The van der Waals surface area contributed by atoms with Crippen molar-refractivity contribution in [3.05, 3.63) is 82.8 Å². The Morgan fingerprint density at radius 3 is 2.75 bits per heavy atom. The SMILES string of the molecule is O=C(/C=C/c1ccc(COc2ccc3c(c2)CCC3)o1)c1ccc(O)cc1O. The second-order valence-electron chi connectivity index (χ2n) is 6.78. The van der Waals surface area contributed by atoms with Crippen LogP contribution in [0.2, 0.25) is 0 Å². The van der Waals surface area contributed by atoms with Gasteiger partial charge in [0.2, 0.25) is 0 Å². The number of hydrogen-bond donors (Lipinski definition) is 2. The summed E-state index contributed by atoms with van der Waals surface area (Å²) in [5, 5.41) is 19.0. The van der Waals surface area contributed by atoms with E-state index in [0.717, 1.165) is 24.7 Å². The average Bonchev–Trinajstić information content (AvgIpc) is 3.33. The van der Waals surface area contributed by atoms with E-state index in [-0.39, 0.29) is 22.8 Å². The lowest BCUT2D eigenvalue weighted by molar-refractivity contribution is 0.104. The van der Waals surface area contributed by atoms with Crippen LogP contribution in [0.3, 0.4) is 0 Å². The first-order valence-corrected chi connectivity index (χ1v) is 9.16. The van der Waals surface area contributed by atoms with Crippen LogP contribution in [0.25, 0.3) is 6.08 Å². The molecule has 0 bridgehead atoms. The largest absolute Gasteiger partial charge is 0.508 e. The van der Waals surface area contributed by atoms with Crippen LogP contribution in [-0.4, -0.2) is 16.0 Å². The maximum absolute atomic E-state index is 12.2. The molecule has 0 fully saturated rings. The topological polar surface area (TPSA) is 79.9 Å². The molecule has 0 saturated carbocycles. The van der Waals surface area contributed by atoms with Crippen molar-refractivity contribution in [1.29, 1.82) is 0 Å². The Bertz CT molecular complexity index is 1040. The summed E-state index contributed by atoms with van der Waals surface area (Å²) >= 11 is 0. The second kappa shape index (κ2) is 7.64. The summed E-state index contributed by atoms with van der Waals surface area (Å²) in [4.78, 5) is 12.2. The van der Waals surface area contributed by atoms with Gasteiger partial charge in [-0.3, -0.25) is 4.79 Å². The van der Waals surface area contributed by atoms with E-state index >= 15 is 0 Å². The van der Waals surface area contributed by atoms with Crippen LogP contribution in [0.5, 0.6) is 17.2 Å². The zero-order chi connectivity index (χ0) is 19.5. The minimum absolute atomic E-state index is 0.0999. The Morgan fingerprint density at radius 2 is 1.89 bits per heavy atom. The number of phenols is 2. The molecule has 0 atom stereocenters. The molecule has 28 heavy (non-hydrogen) atoms. The van der Waals surface area contributed by atoms with Crippen molar-refractivity contribution >= 4 is 11.9 Å². The van der Waals surface area contributed by atoms with Crippen molar-refractivity contribution in [3.63, 3.8) is 0 Å². The molecule has 1 aliphatic rings. The minimum Gasteiger partial charge on any atom is -0.508 e. The number of allylic oxidation sites excluding steroid dienone is 1. The molecule has 142 valence electrons. The van der Waals surface area contributed by atoms with Gasteiger partial charge >= 0.3 is 0 Å². The number of rotatable bonds is 6. The normalized spacial score (nSPS) is 13.0. The van der Waals surface area contributed by atoms with Crippen LogP contribution < -0.4 is 4.74 Å². The van der Waals surface area contributed by atoms with E-state index in [1.165, 1.54) is 41.8 Å². The molecule has 1 aromatic heterocycles. The predicted octanol–water partition coefficient (Wildman–Crippen LogP) is 4.65. The van der Waals surface area contributed by atoms with E-state index in [9.17, 15) is 15.0 Å². The number of hydrogen-bond acceptors (Lipinski definition) is 5. The van der Waals surface area contributed by atoms with Crippen LogP contribution in [0.15, 0.2) is 59.0 Å². The van der Waals surface area contributed by atoms with Crippen molar-refractivity contribution in [2.24, 2.45) is 0 Å². The number of benzene rings is 2. The van der Waals surface area contributed by atoms with Gasteiger partial charge in [-0.25, -0.2) is 0 Å². The summed E-state index contributed by atoms with van der Waals surface area (Å²) in [7, 11) is 0. The first-order valence-electron chi connectivity index (χ1n) is 9.16. The fourth-order valence-electron chi connectivity index (χ4n) is 3.33. The number of carbonyl (C=O) groups excluding carboxylic acids is 1. The Morgan fingerprint density at radius 1 is 1.04 bits per heavy atom. The summed E-state index contributed by atoms with van der Waals surface area (Å²) in [6.45, 7) is 0.305. The van der Waals surface area contributed by atoms with E-state index < -0.39 is 0 Å². The molecule has 0 amide bonds. The molecule has 0 unspecified atom stereocenters. The lowest BCUT2D eigenvalue weighted by Gasteiger charge is -2.06. The van der Waals surface area contributed by atoms with E-state index in [0.29, 0.717) is 18.1 Å². The number of aromatic hydroxyl groups is 2. The molecule has 1 heterocycles. The summed E-state index contributed by atoms with van der Waals surface area (Å²) < 4.78 is 11.5. The van der Waals surface area contributed by atoms with Crippen molar-refractivity contribution in [2.75, 3.05) is 0 Å². The zero-order valence-corrected chi connectivity index (χ0v) is 15.2. The fraction of sp³-hybridized carbons (Fsp3) is 0.174. The number of carbonyl (C=O) groups is 1. The molecule has 3 aromatic rings. The number of ketones is 1. The lowest BCUT2D eigenvalue weighted by atomic mass is 10.1. The summed E-state index contributed by atoms with van der Waals surface area (Å²) in [6.07, 6.45) is 6.30. The average molecular weight is 376 g/mol. The highest BCUT2D eigenvalue weighted by Gasteiger charge is 2.12. The summed E-state index contributed by atoms with van der Waals surface area (Å²) in [6, 6.07) is 13.6. The van der Waals surface area contributed by atoms with Gasteiger partial charge < -0.3 is 19.4 Å². The Hall–Kier alpha value is -3.47. The molecule has 5 heteroatoms. The van der Waals surface area contributed by atoms with Gasteiger partial charge in [-0.1, -0.05) is 6.07 Å². The van der Waals surface area contributed by atoms with Gasteiger partial charge in [-0.05, 0) is 78.9 Å². The lowest BCUT2D eigenvalue weighted by Crippen LogP contribution is -1.95. The van der Waals surface area contributed by atoms with E-state index in [4.69, 9.17) is 9.15 Å². The summed E-state index contributed by atoms with van der Waals surface area (Å²) in [5.74, 6) is 1.24. The molecule has 2 aromatic carbocycles. The number of furan rings is 1. The Balaban J connectivity index is 1.37. The third-order valence-electron chi connectivity index (χ3n) is 4.78. The highest BCUT2D eigenvalue weighted by atomic mass is 16.5. The third kappa shape index (κ3) is 3.93. The maximum Gasteiger partial charge on any atom is 0.189 e. The quantitative estimate of drug-likeness (QED) is 0.483. The fourth-order valence-corrected chi connectivity index (χ4v) is 3.33. The summed E-state index contributed by atoms with van der Waals surface area (Å²) in [5.41, 5.74) is 2.87. The minimum atomic E-state index is -0.384. The monoisotopic (exact) mass is 376 g/mol. The van der Waals surface area contributed by atoms with Crippen molar-refractivity contribution in [2.45, 2.75) is 25.9 Å². The van der Waals surface area contributed by atoms with Gasteiger partial charge in [0.1, 0.15) is 35.4 Å². The highest BCUT2D eigenvalue weighted by molar-refractivity contribution is 6.08. The Kier molecular flexibility index (Phi) is 4.89. The van der Waals surface area contributed by atoms with Crippen LogP contribution in [-0.2, 0) is 19.4 Å². The molecule has 2 N–H and O–H groups in total.